The van der Waals surface area contributed by atoms with E-state index in [1.165, 1.54) is 7.11 Å². The van der Waals surface area contributed by atoms with E-state index in [1.807, 2.05) is 0 Å². The number of hydrogen-bond donors (Lipinski definition) is 2. The van der Waals surface area contributed by atoms with Gasteiger partial charge in [0.15, 0.2) is 0 Å². The maximum Gasteiger partial charge on any atom is 0.310 e. The van der Waals surface area contributed by atoms with Crippen LogP contribution in [0, 0.1) is 11.8 Å². The van der Waals surface area contributed by atoms with E-state index in [0.29, 0.717) is 0 Å². The average molecular weight is 253 g/mol. The number of amides is 1. The van der Waals surface area contributed by atoms with Gasteiger partial charge in [-0.05, 0) is 6.92 Å². The lowest BCUT2D eigenvalue weighted by Crippen LogP contribution is -2.41. The number of halogens is 1. The topological polar surface area (TPSA) is 81.4 Å². The first kappa shape index (κ1) is 17.6. The van der Waals surface area contributed by atoms with Crippen LogP contribution in [0.3, 0.4) is 0 Å². The van der Waals surface area contributed by atoms with Crippen LogP contribution in [-0.2, 0) is 14.3 Å². The summed E-state index contributed by atoms with van der Waals surface area (Å²) >= 11 is 0. The monoisotopic (exact) mass is 252 g/mol. The summed E-state index contributed by atoms with van der Waals surface area (Å²) in [5.41, 5.74) is 5.58. The van der Waals surface area contributed by atoms with E-state index < -0.39 is 0 Å². The van der Waals surface area contributed by atoms with Crippen molar-refractivity contribution in [3.8, 4) is 0 Å². The van der Waals surface area contributed by atoms with Gasteiger partial charge in [-0.1, -0.05) is 13.8 Å². The fourth-order valence-corrected chi connectivity index (χ4v) is 0.938. The Balaban J connectivity index is 0. The van der Waals surface area contributed by atoms with Crippen molar-refractivity contribution in [2.75, 3.05) is 13.7 Å². The molecule has 1 amide bonds. The van der Waals surface area contributed by atoms with Crippen molar-refractivity contribution < 1.29 is 14.3 Å². The minimum atomic E-state index is -0.334. The second kappa shape index (κ2) is 8.35. The maximum absolute atomic E-state index is 11.5. The Morgan fingerprint density at radius 1 is 1.31 bits per heavy atom. The molecule has 0 fully saturated rings. The summed E-state index contributed by atoms with van der Waals surface area (Å²) in [6.45, 7) is 5.50. The number of esters is 1. The highest BCUT2D eigenvalue weighted by atomic mass is 35.5. The Kier molecular flexibility index (Phi) is 9.18. The van der Waals surface area contributed by atoms with Crippen LogP contribution in [-0.4, -0.2) is 31.6 Å². The van der Waals surface area contributed by atoms with Crippen molar-refractivity contribution in [3.05, 3.63) is 0 Å². The number of carbonyl (C=O) groups excluding carboxylic acids is 2. The van der Waals surface area contributed by atoms with E-state index in [4.69, 9.17) is 5.73 Å². The molecule has 0 aromatic carbocycles. The Morgan fingerprint density at radius 2 is 1.81 bits per heavy atom. The SMILES string of the molecule is COC(=O)C(C)CNC(=O)C(C)C(C)N.Cl. The largest absolute Gasteiger partial charge is 0.469 e. The average Bonchev–Trinajstić information content (AvgIpc) is 2.22. The van der Waals surface area contributed by atoms with E-state index in [1.54, 1.807) is 20.8 Å². The van der Waals surface area contributed by atoms with Crippen molar-refractivity contribution in [1.29, 1.82) is 0 Å². The van der Waals surface area contributed by atoms with Crippen LogP contribution < -0.4 is 11.1 Å². The van der Waals surface area contributed by atoms with E-state index in [0.717, 1.165) is 0 Å². The molecule has 5 nitrogen and oxygen atoms in total. The summed E-state index contributed by atoms with van der Waals surface area (Å²) in [4.78, 5) is 22.5. The minimum absolute atomic E-state index is 0. The van der Waals surface area contributed by atoms with Crippen molar-refractivity contribution in [3.63, 3.8) is 0 Å². The van der Waals surface area contributed by atoms with E-state index in [9.17, 15) is 9.59 Å². The molecule has 0 rings (SSSR count). The van der Waals surface area contributed by atoms with Crippen LogP contribution in [0.25, 0.3) is 0 Å². The summed E-state index contributed by atoms with van der Waals surface area (Å²) in [5, 5.41) is 2.66. The summed E-state index contributed by atoms with van der Waals surface area (Å²) in [5.74, 6) is -1.06. The molecule has 6 heteroatoms. The standard InChI is InChI=1S/C10H20N2O3.ClH/c1-6(10(14)15-4)5-12-9(13)7(2)8(3)11;/h6-8H,5,11H2,1-4H3,(H,12,13);1H. The molecule has 0 aliphatic rings. The molecule has 0 aromatic rings. The van der Waals surface area contributed by atoms with Gasteiger partial charge >= 0.3 is 5.97 Å². The molecule has 3 unspecified atom stereocenters. The van der Waals surface area contributed by atoms with Crippen molar-refractivity contribution >= 4 is 24.3 Å². The zero-order chi connectivity index (χ0) is 12.0. The van der Waals surface area contributed by atoms with Crippen LogP contribution in [0.15, 0.2) is 0 Å². The Labute approximate surface area is 103 Å². The lowest BCUT2D eigenvalue weighted by Gasteiger charge is -2.16. The van der Waals surface area contributed by atoms with E-state index in [2.05, 4.69) is 10.1 Å². The predicted molar refractivity (Wildman–Crippen MR) is 64.3 cm³/mol. The lowest BCUT2D eigenvalue weighted by atomic mass is 10.0. The Hall–Kier alpha value is -0.810. The van der Waals surface area contributed by atoms with Gasteiger partial charge in [-0.15, -0.1) is 12.4 Å². The third-order valence-electron chi connectivity index (χ3n) is 2.39. The summed E-state index contributed by atoms with van der Waals surface area (Å²) in [6, 6.07) is -0.196. The fraction of sp³-hybridized carbons (Fsp3) is 0.800. The third-order valence-corrected chi connectivity index (χ3v) is 2.39. The van der Waals surface area contributed by atoms with Gasteiger partial charge in [-0.3, -0.25) is 9.59 Å². The number of nitrogens with two attached hydrogens (primary N) is 1. The molecule has 0 heterocycles. The highest BCUT2D eigenvalue weighted by Crippen LogP contribution is 2.01. The second-order valence-corrected chi connectivity index (χ2v) is 3.82. The molecule has 16 heavy (non-hydrogen) atoms. The maximum atomic E-state index is 11.5. The highest BCUT2D eigenvalue weighted by molar-refractivity contribution is 5.85. The Morgan fingerprint density at radius 3 is 2.19 bits per heavy atom. The first-order chi connectivity index (χ1) is 6.90. The van der Waals surface area contributed by atoms with Gasteiger partial charge in [0.25, 0.3) is 0 Å². The molecule has 0 bridgehead atoms. The van der Waals surface area contributed by atoms with Crippen LogP contribution in [0.4, 0.5) is 0 Å². The molecule has 0 saturated heterocycles. The third kappa shape index (κ3) is 5.92. The Bertz CT molecular complexity index is 234. The molecule has 0 aromatic heterocycles. The summed E-state index contributed by atoms with van der Waals surface area (Å²) in [6.07, 6.45) is 0. The van der Waals surface area contributed by atoms with Crippen LogP contribution in [0.5, 0.6) is 0 Å². The number of ether oxygens (including phenoxy) is 1. The molecule has 0 radical (unpaired) electrons. The number of methoxy groups -OCH3 is 1. The normalized spacial score (nSPS) is 15.3. The molecule has 3 atom stereocenters. The molecule has 3 N–H and O–H groups in total. The first-order valence-corrected chi connectivity index (χ1v) is 5.01. The molecular formula is C10H21ClN2O3. The smallest absolute Gasteiger partial charge is 0.310 e. The molecule has 0 saturated carbocycles. The number of nitrogens with one attached hydrogen (secondary N) is 1. The van der Waals surface area contributed by atoms with E-state index >= 15 is 0 Å². The van der Waals surface area contributed by atoms with Gasteiger partial charge < -0.3 is 15.8 Å². The number of rotatable bonds is 5. The number of carbonyl (C=O) groups is 2. The van der Waals surface area contributed by atoms with Gasteiger partial charge in [-0.25, -0.2) is 0 Å². The van der Waals surface area contributed by atoms with Crippen LogP contribution in [0.1, 0.15) is 20.8 Å². The van der Waals surface area contributed by atoms with Gasteiger partial charge in [0, 0.05) is 18.5 Å². The minimum Gasteiger partial charge on any atom is -0.469 e. The van der Waals surface area contributed by atoms with Crippen molar-refractivity contribution in [1.82, 2.24) is 5.32 Å². The molecule has 96 valence electrons. The zero-order valence-electron chi connectivity index (χ0n) is 10.1. The molecule has 0 aliphatic heterocycles. The highest BCUT2D eigenvalue weighted by Gasteiger charge is 2.19. The van der Waals surface area contributed by atoms with E-state index in [-0.39, 0.29) is 48.7 Å². The van der Waals surface area contributed by atoms with Crippen molar-refractivity contribution in [2.45, 2.75) is 26.8 Å². The van der Waals surface area contributed by atoms with Crippen LogP contribution >= 0.6 is 12.4 Å². The molecule has 0 spiro atoms. The van der Waals surface area contributed by atoms with Gasteiger partial charge in [0.05, 0.1) is 13.0 Å². The molecule has 0 aliphatic carbocycles. The van der Waals surface area contributed by atoms with Gasteiger partial charge in [0.1, 0.15) is 0 Å². The number of hydrogen-bond acceptors (Lipinski definition) is 4. The lowest BCUT2D eigenvalue weighted by molar-refractivity contribution is -0.144. The summed E-state index contributed by atoms with van der Waals surface area (Å²) < 4.78 is 4.54. The quantitative estimate of drug-likeness (QED) is 0.691. The fourth-order valence-electron chi connectivity index (χ4n) is 0.938. The molecular weight excluding hydrogens is 232 g/mol. The zero-order valence-corrected chi connectivity index (χ0v) is 11.0. The van der Waals surface area contributed by atoms with Gasteiger partial charge in [0.2, 0.25) is 5.91 Å². The van der Waals surface area contributed by atoms with Crippen molar-refractivity contribution in [2.24, 2.45) is 17.6 Å². The summed E-state index contributed by atoms with van der Waals surface area (Å²) in [7, 11) is 1.32. The van der Waals surface area contributed by atoms with Gasteiger partial charge in [-0.2, -0.15) is 0 Å². The first-order valence-electron chi connectivity index (χ1n) is 5.01. The second-order valence-electron chi connectivity index (χ2n) is 3.82. The predicted octanol–water partition coefficient (Wildman–Crippen LogP) is 0.317. The van der Waals surface area contributed by atoms with Crippen LogP contribution in [0.2, 0.25) is 0 Å².